The Morgan fingerprint density at radius 3 is 2.60 bits per heavy atom. The molecule has 1 aromatic rings. The van der Waals surface area contributed by atoms with Crippen LogP contribution >= 0.6 is 0 Å². The van der Waals surface area contributed by atoms with Crippen molar-refractivity contribution in [3.63, 3.8) is 0 Å². The predicted molar refractivity (Wildman–Crippen MR) is 36.0 cm³/mol. The van der Waals surface area contributed by atoms with Gasteiger partial charge in [0.1, 0.15) is 6.33 Å². The lowest BCUT2D eigenvalue weighted by Crippen LogP contribution is -2.11. The van der Waals surface area contributed by atoms with Crippen molar-refractivity contribution in [2.45, 2.75) is 6.10 Å². The van der Waals surface area contributed by atoms with Gasteiger partial charge in [-0.05, 0) is 0 Å². The number of nitrogens with zero attached hydrogens (tertiary/aromatic N) is 2. The van der Waals surface area contributed by atoms with Gasteiger partial charge < -0.3 is 10.8 Å². The van der Waals surface area contributed by atoms with Gasteiger partial charge in [0, 0.05) is 24.5 Å². The van der Waals surface area contributed by atoms with Crippen LogP contribution < -0.4 is 5.73 Å². The summed E-state index contributed by atoms with van der Waals surface area (Å²) in [7, 11) is 0. The van der Waals surface area contributed by atoms with Crippen molar-refractivity contribution in [1.29, 1.82) is 0 Å². The van der Waals surface area contributed by atoms with Gasteiger partial charge in [0.25, 0.3) is 0 Å². The molecule has 1 atom stereocenters. The van der Waals surface area contributed by atoms with Gasteiger partial charge in [-0.3, -0.25) is 0 Å². The molecule has 1 unspecified atom stereocenters. The second-order valence-corrected chi connectivity index (χ2v) is 1.92. The number of rotatable bonds is 2. The molecule has 0 aliphatic heterocycles. The van der Waals surface area contributed by atoms with Gasteiger partial charge in [-0.2, -0.15) is 0 Å². The molecule has 0 fully saturated rings. The van der Waals surface area contributed by atoms with Gasteiger partial charge in [0.2, 0.25) is 0 Å². The summed E-state index contributed by atoms with van der Waals surface area (Å²) >= 11 is 0. The standard InChI is InChI=1S/C6H9N3O/c7-1-6(10)5-2-8-4-9-3-5/h2-4,6,10H,1,7H2. The first kappa shape index (κ1) is 7.11. The summed E-state index contributed by atoms with van der Waals surface area (Å²) in [6.45, 7) is 0.202. The van der Waals surface area contributed by atoms with E-state index >= 15 is 0 Å². The molecule has 0 radical (unpaired) electrons. The van der Waals surface area contributed by atoms with Crippen molar-refractivity contribution in [3.05, 3.63) is 24.3 Å². The highest BCUT2D eigenvalue weighted by molar-refractivity contribution is 5.06. The lowest BCUT2D eigenvalue weighted by molar-refractivity contribution is 0.186. The van der Waals surface area contributed by atoms with Crippen LogP contribution in [-0.4, -0.2) is 21.6 Å². The molecule has 54 valence electrons. The summed E-state index contributed by atoms with van der Waals surface area (Å²) in [4.78, 5) is 7.45. The third-order valence-corrected chi connectivity index (χ3v) is 1.19. The second kappa shape index (κ2) is 3.24. The van der Waals surface area contributed by atoms with E-state index in [0.29, 0.717) is 5.56 Å². The fourth-order valence-electron chi connectivity index (χ4n) is 0.619. The Hall–Kier alpha value is -1.00. The van der Waals surface area contributed by atoms with Gasteiger partial charge in [-0.15, -0.1) is 0 Å². The van der Waals surface area contributed by atoms with Crippen molar-refractivity contribution in [2.24, 2.45) is 5.73 Å². The molecule has 4 nitrogen and oxygen atoms in total. The summed E-state index contributed by atoms with van der Waals surface area (Å²) in [6.07, 6.45) is 3.86. The lowest BCUT2D eigenvalue weighted by atomic mass is 10.2. The summed E-state index contributed by atoms with van der Waals surface area (Å²) in [6, 6.07) is 0. The van der Waals surface area contributed by atoms with Gasteiger partial charge in [-0.1, -0.05) is 0 Å². The Morgan fingerprint density at radius 1 is 1.50 bits per heavy atom. The third kappa shape index (κ3) is 1.49. The normalized spacial score (nSPS) is 13.0. The summed E-state index contributed by atoms with van der Waals surface area (Å²) in [5.41, 5.74) is 5.86. The predicted octanol–water partition coefficient (Wildman–Crippen LogP) is -0.531. The zero-order valence-electron chi connectivity index (χ0n) is 5.44. The molecule has 0 bridgehead atoms. The zero-order valence-corrected chi connectivity index (χ0v) is 5.44. The van der Waals surface area contributed by atoms with Crippen LogP contribution in [0.25, 0.3) is 0 Å². The number of hydrogen-bond acceptors (Lipinski definition) is 4. The molecule has 0 saturated carbocycles. The van der Waals surface area contributed by atoms with Crippen LogP contribution in [0.5, 0.6) is 0 Å². The fourth-order valence-corrected chi connectivity index (χ4v) is 0.619. The average molecular weight is 139 g/mol. The quantitative estimate of drug-likeness (QED) is 0.577. The Morgan fingerprint density at radius 2 is 2.10 bits per heavy atom. The van der Waals surface area contributed by atoms with E-state index in [-0.39, 0.29) is 6.54 Å². The fraction of sp³-hybridized carbons (Fsp3) is 0.333. The molecule has 3 N–H and O–H groups in total. The average Bonchev–Trinajstić information content (AvgIpc) is 2.05. The zero-order chi connectivity index (χ0) is 7.40. The van der Waals surface area contributed by atoms with Crippen LogP contribution in [0.4, 0.5) is 0 Å². The molecule has 0 aliphatic rings. The number of aromatic nitrogens is 2. The minimum absolute atomic E-state index is 0.202. The Labute approximate surface area is 58.7 Å². The van der Waals surface area contributed by atoms with Gasteiger partial charge in [0.05, 0.1) is 6.10 Å². The highest BCUT2D eigenvalue weighted by Gasteiger charge is 2.02. The van der Waals surface area contributed by atoms with Gasteiger partial charge in [0.15, 0.2) is 0 Å². The SMILES string of the molecule is NCC(O)c1cncnc1. The molecule has 0 amide bonds. The molecule has 1 rings (SSSR count). The molecule has 10 heavy (non-hydrogen) atoms. The first-order chi connectivity index (χ1) is 4.84. The van der Waals surface area contributed by atoms with E-state index in [9.17, 15) is 0 Å². The third-order valence-electron chi connectivity index (χ3n) is 1.19. The Kier molecular flexibility index (Phi) is 2.30. The molecule has 0 saturated heterocycles. The summed E-state index contributed by atoms with van der Waals surface area (Å²) in [5.74, 6) is 0. The van der Waals surface area contributed by atoms with E-state index in [4.69, 9.17) is 10.8 Å². The van der Waals surface area contributed by atoms with E-state index in [2.05, 4.69) is 9.97 Å². The van der Waals surface area contributed by atoms with Crippen LogP contribution in [0.15, 0.2) is 18.7 Å². The molecule has 1 heterocycles. The molecular formula is C6H9N3O. The number of hydrogen-bond donors (Lipinski definition) is 2. The maximum atomic E-state index is 9.12. The van der Waals surface area contributed by atoms with Crippen molar-refractivity contribution >= 4 is 0 Å². The smallest absolute Gasteiger partial charge is 0.115 e. The molecular weight excluding hydrogens is 130 g/mol. The lowest BCUT2D eigenvalue weighted by Gasteiger charge is -2.04. The van der Waals surface area contributed by atoms with E-state index in [1.54, 1.807) is 12.4 Å². The first-order valence-electron chi connectivity index (χ1n) is 2.97. The van der Waals surface area contributed by atoms with Crippen LogP contribution in [0, 0.1) is 0 Å². The molecule has 0 aliphatic carbocycles. The highest BCUT2D eigenvalue weighted by atomic mass is 16.3. The van der Waals surface area contributed by atoms with Crippen molar-refractivity contribution < 1.29 is 5.11 Å². The number of aliphatic hydroxyl groups excluding tert-OH is 1. The monoisotopic (exact) mass is 139 g/mol. The van der Waals surface area contributed by atoms with Crippen LogP contribution in [0.3, 0.4) is 0 Å². The summed E-state index contributed by atoms with van der Waals surface area (Å²) < 4.78 is 0. The van der Waals surface area contributed by atoms with E-state index in [0.717, 1.165) is 0 Å². The second-order valence-electron chi connectivity index (χ2n) is 1.92. The summed E-state index contributed by atoms with van der Waals surface area (Å²) in [5, 5.41) is 9.12. The van der Waals surface area contributed by atoms with Gasteiger partial charge >= 0.3 is 0 Å². The van der Waals surface area contributed by atoms with E-state index in [1.807, 2.05) is 0 Å². The first-order valence-corrected chi connectivity index (χ1v) is 2.97. The topological polar surface area (TPSA) is 72.0 Å². The van der Waals surface area contributed by atoms with E-state index < -0.39 is 6.10 Å². The largest absolute Gasteiger partial charge is 0.387 e. The molecule has 4 heteroatoms. The van der Waals surface area contributed by atoms with Crippen molar-refractivity contribution in [1.82, 2.24) is 9.97 Å². The minimum Gasteiger partial charge on any atom is -0.387 e. The molecule has 0 spiro atoms. The minimum atomic E-state index is -0.638. The molecule has 0 aromatic carbocycles. The number of nitrogens with two attached hydrogens (primary N) is 1. The van der Waals surface area contributed by atoms with Gasteiger partial charge in [-0.25, -0.2) is 9.97 Å². The van der Waals surface area contributed by atoms with E-state index in [1.165, 1.54) is 6.33 Å². The van der Waals surface area contributed by atoms with Crippen LogP contribution in [0.1, 0.15) is 11.7 Å². The Bertz CT molecular complexity index is 189. The van der Waals surface area contributed by atoms with Crippen LogP contribution in [-0.2, 0) is 0 Å². The maximum absolute atomic E-state index is 9.12. The van der Waals surface area contributed by atoms with Crippen LogP contribution in [0.2, 0.25) is 0 Å². The molecule has 1 aromatic heterocycles. The van der Waals surface area contributed by atoms with Crippen molar-refractivity contribution in [3.8, 4) is 0 Å². The number of aliphatic hydroxyl groups is 1. The highest BCUT2D eigenvalue weighted by Crippen LogP contribution is 2.05. The maximum Gasteiger partial charge on any atom is 0.115 e. The Balaban J connectivity index is 2.75. The van der Waals surface area contributed by atoms with Crippen molar-refractivity contribution in [2.75, 3.05) is 6.54 Å².